The maximum Gasteiger partial charge on any atom is 0.283 e. The van der Waals surface area contributed by atoms with Gasteiger partial charge in [-0.25, -0.2) is 0 Å². The van der Waals surface area contributed by atoms with Crippen LogP contribution in [-0.4, -0.2) is 40.6 Å². The van der Waals surface area contributed by atoms with Gasteiger partial charge in [-0.15, -0.1) is 10.2 Å². The Labute approximate surface area is 163 Å². The molecule has 4 rings (SSSR count). The third kappa shape index (κ3) is 3.99. The lowest BCUT2D eigenvalue weighted by Gasteiger charge is -2.29. The molecule has 28 heavy (non-hydrogen) atoms. The van der Waals surface area contributed by atoms with Crippen LogP contribution in [0.5, 0.6) is 0 Å². The molecule has 1 aromatic carbocycles. The van der Waals surface area contributed by atoms with E-state index in [0.29, 0.717) is 24.1 Å². The Morgan fingerprint density at radius 2 is 2.00 bits per heavy atom. The van der Waals surface area contributed by atoms with Crippen LogP contribution in [0.1, 0.15) is 35.8 Å². The van der Waals surface area contributed by atoms with Crippen molar-refractivity contribution in [3.05, 3.63) is 53.6 Å². The minimum Gasteiger partial charge on any atom is -0.459 e. The molecule has 1 fully saturated rings. The molecule has 146 valence electrons. The molecule has 7 nitrogen and oxygen atoms in total. The number of aryl methyl sites for hydroxylation is 1. The number of carbonyl (C=O) groups is 1. The summed E-state index contributed by atoms with van der Waals surface area (Å²) >= 11 is 0. The molecule has 0 aliphatic carbocycles. The van der Waals surface area contributed by atoms with E-state index in [9.17, 15) is 4.79 Å². The highest BCUT2D eigenvalue weighted by molar-refractivity contribution is 5.93. The number of nitrogens with zero attached hydrogens (tertiary/aromatic N) is 3. The quantitative estimate of drug-likeness (QED) is 0.725. The van der Waals surface area contributed by atoms with Crippen LogP contribution in [0, 0.1) is 13.8 Å². The van der Waals surface area contributed by atoms with Crippen molar-refractivity contribution in [3.8, 4) is 11.7 Å². The molecule has 3 aromatic rings. The third-order valence-electron chi connectivity index (χ3n) is 5.36. The van der Waals surface area contributed by atoms with Crippen molar-refractivity contribution in [2.75, 3.05) is 25.0 Å². The molecular formula is C21H24N4O3. The number of amides is 1. The van der Waals surface area contributed by atoms with Crippen LogP contribution in [0.2, 0.25) is 0 Å². The maximum atomic E-state index is 12.4. The lowest BCUT2D eigenvalue weighted by Crippen LogP contribution is -2.38. The zero-order valence-corrected chi connectivity index (χ0v) is 16.1. The second-order valence-corrected chi connectivity index (χ2v) is 7.27. The lowest BCUT2D eigenvalue weighted by atomic mass is 9.97. The normalized spacial score (nSPS) is 15.6. The predicted molar refractivity (Wildman–Crippen MR) is 105 cm³/mol. The van der Waals surface area contributed by atoms with E-state index in [2.05, 4.69) is 20.4 Å². The molecule has 7 heteroatoms. The standard InChI is InChI=1S/C21H24N4O3/c1-14-5-3-6-17(15(14)2)22-19(26)13-25-10-8-16(9-11-25)20-23-24-21(28-20)18-7-4-12-27-18/h3-7,12,16H,8-11,13H2,1-2H3,(H,22,26). The van der Waals surface area contributed by atoms with Gasteiger partial charge in [0.15, 0.2) is 5.76 Å². The Morgan fingerprint density at radius 1 is 1.18 bits per heavy atom. The van der Waals surface area contributed by atoms with Gasteiger partial charge in [0, 0.05) is 11.6 Å². The van der Waals surface area contributed by atoms with Gasteiger partial charge in [-0.3, -0.25) is 9.69 Å². The van der Waals surface area contributed by atoms with Gasteiger partial charge < -0.3 is 14.2 Å². The molecule has 1 aliphatic rings. The van der Waals surface area contributed by atoms with Crippen LogP contribution in [0.15, 0.2) is 45.4 Å². The van der Waals surface area contributed by atoms with E-state index in [1.807, 2.05) is 32.0 Å². The van der Waals surface area contributed by atoms with Gasteiger partial charge in [-0.05, 0) is 69.1 Å². The van der Waals surface area contributed by atoms with E-state index in [-0.39, 0.29) is 11.8 Å². The van der Waals surface area contributed by atoms with Crippen molar-refractivity contribution in [2.24, 2.45) is 0 Å². The minimum absolute atomic E-state index is 0.0186. The van der Waals surface area contributed by atoms with E-state index in [4.69, 9.17) is 8.83 Å². The third-order valence-corrected chi connectivity index (χ3v) is 5.36. The number of carbonyl (C=O) groups excluding carboxylic acids is 1. The Kier molecular flexibility index (Phi) is 5.25. The van der Waals surface area contributed by atoms with E-state index in [1.165, 1.54) is 5.56 Å². The average Bonchev–Trinajstić information content (AvgIpc) is 3.37. The molecule has 0 radical (unpaired) electrons. The van der Waals surface area contributed by atoms with Crippen molar-refractivity contribution >= 4 is 11.6 Å². The lowest BCUT2D eigenvalue weighted by molar-refractivity contribution is -0.117. The fourth-order valence-electron chi connectivity index (χ4n) is 3.52. The fourth-order valence-corrected chi connectivity index (χ4v) is 3.52. The van der Waals surface area contributed by atoms with Gasteiger partial charge >= 0.3 is 0 Å². The molecule has 0 saturated carbocycles. The van der Waals surface area contributed by atoms with E-state index in [0.717, 1.165) is 37.2 Å². The summed E-state index contributed by atoms with van der Waals surface area (Å²) in [6.07, 6.45) is 3.36. The van der Waals surface area contributed by atoms with Crippen molar-refractivity contribution in [1.82, 2.24) is 15.1 Å². The molecule has 3 heterocycles. The van der Waals surface area contributed by atoms with E-state index in [1.54, 1.807) is 18.4 Å². The Hall–Kier alpha value is -2.93. The summed E-state index contributed by atoms with van der Waals surface area (Å²) in [7, 11) is 0. The molecule has 1 amide bonds. The summed E-state index contributed by atoms with van der Waals surface area (Å²) in [5.41, 5.74) is 3.17. The first kappa shape index (κ1) is 18.4. The number of furan rings is 1. The molecule has 0 spiro atoms. The molecule has 0 bridgehead atoms. The van der Waals surface area contributed by atoms with E-state index >= 15 is 0 Å². The Morgan fingerprint density at radius 3 is 2.75 bits per heavy atom. The van der Waals surface area contributed by atoms with Crippen molar-refractivity contribution < 1.29 is 13.6 Å². The fraction of sp³-hybridized carbons (Fsp3) is 0.381. The first-order valence-corrected chi connectivity index (χ1v) is 9.56. The number of benzene rings is 1. The average molecular weight is 380 g/mol. The summed E-state index contributed by atoms with van der Waals surface area (Å²) in [6.45, 7) is 6.11. The van der Waals surface area contributed by atoms with Crippen LogP contribution in [0.25, 0.3) is 11.7 Å². The van der Waals surface area contributed by atoms with Crippen molar-refractivity contribution in [3.63, 3.8) is 0 Å². The molecule has 0 unspecified atom stereocenters. The molecule has 1 aliphatic heterocycles. The van der Waals surface area contributed by atoms with Gasteiger partial charge in [0.25, 0.3) is 5.89 Å². The summed E-state index contributed by atoms with van der Waals surface area (Å²) in [6, 6.07) is 9.55. The highest BCUT2D eigenvalue weighted by Gasteiger charge is 2.26. The van der Waals surface area contributed by atoms with Crippen LogP contribution >= 0.6 is 0 Å². The van der Waals surface area contributed by atoms with Crippen LogP contribution < -0.4 is 5.32 Å². The van der Waals surface area contributed by atoms with Gasteiger partial charge in [0.05, 0.1) is 12.8 Å². The van der Waals surface area contributed by atoms with E-state index < -0.39 is 0 Å². The summed E-state index contributed by atoms with van der Waals surface area (Å²) in [5.74, 6) is 1.88. The zero-order chi connectivity index (χ0) is 19.5. The number of rotatable bonds is 5. The second-order valence-electron chi connectivity index (χ2n) is 7.27. The number of hydrogen-bond acceptors (Lipinski definition) is 6. The summed E-state index contributed by atoms with van der Waals surface area (Å²) in [5, 5.41) is 11.3. The number of piperidine rings is 1. The largest absolute Gasteiger partial charge is 0.459 e. The monoisotopic (exact) mass is 380 g/mol. The second kappa shape index (κ2) is 7.98. The number of anilines is 1. The maximum absolute atomic E-state index is 12.4. The number of aromatic nitrogens is 2. The van der Waals surface area contributed by atoms with Crippen molar-refractivity contribution in [2.45, 2.75) is 32.6 Å². The first-order valence-electron chi connectivity index (χ1n) is 9.56. The number of nitrogens with one attached hydrogen (secondary N) is 1. The van der Waals surface area contributed by atoms with Gasteiger partial charge in [0.2, 0.25) is 11.8 Å². The Balaban J connectivity index is 1.29. The van der Waals surface area contributed by atoms with Crippen LogP contribution in [0.3, 0.4) is 0 Å². The van der Waals surface area contributed by atoms with Crippen molar-refractivity contribution in [1.29, 1.82) is 0 Å². The molecule has 0 atom stereocenters. The smallest absolute Gasteiger partial charge is 0.283 e. The number of likely N-dealkylation sites (tertiary alicyclic amines) is 1. The SMILES string of the molecule is Cc1cccc(NC(=O)CN2CCC(c3nnc(-c4ccco4)o3)CC2)c1C. The summed E-state index contributed by atoms with van der Waals surface area (Å²) < 4.78 is 11.1. The van der Waals surface area contributed by atoms with Gasteiger partial charge in [-0.1, -0.05) is 12.1 Å². The highest BCUT2D eigenvalue weighted by atomic mass is 16.4. The number of hydrogen-bond donors (Lipinski definition) is 1. The minimum atomic E-state index is 0.0186. The van der Waals surface area contributed by atoms with Crippen LogP contribution in [0.4, 0.5) is 5.69 Å². The van der Waals surface area contributed by atoms with Crippen LogP contribution in [-0.2, 0) is 4.79 Å². The molecule has 1 N–H and O–H groups in total. The van der Waals surface area contributed by atoms with Gasteiger partial charge in [-0.2, -0.15) is 0 Å². The zero-order valence-electron chi connectivity index (χ0n) is 16.1. The Bertz CT molecular complexity index is 940. The first-order chi connectivity index (χ1) is 13.6. The predicted octanol–water partition coefficient (Wildman–Crippen LogP) is 3.76. The molecule has 1 saturated heterocycles. The summed E-state index contributed by atoms with van der Waals surface area (Å²) in [4.78, 5) is 14.6. The van der Waals surface area contributed by atoms with Gasteiger partial charge in [0.1, 0.15) is 0 Å². The topological polar surface area (TPSA) is 84.4 Å². The molecular weight excluding hydrogens is 356 g/mol. The highest BCUT2D eigenvalue weighted by Crippen LogP contribution is 2.29. The molecule has 2 aromatic heterocycles.